The van der Waals surface area contributed by atoms with Gasteiger partial charge in [0.25, 0.3) is 0 Å². The van der Waals surface area contributed by atoms with E-state index in [4.69, 9.17) is 14.2 Å². The van der Waals surface area contributed by atoms with Crippen LogP contribution >= 0.6 is 0 Å². The van der Waals surface area contributed by atoms with Crippen LogP contribution in [0.1, 0.15) is 17.0 Å². The number of rotatable bonds is 5. The van der Waals surface area contributed by atoms with Crippen molar-refractivity contribution >= 4 is 23.6 Å². The van der Waals surface area contributed by atoms with Gasteiger partial charge in [-0.05, 0) is 30.7 Å². The van der Waals surface area contributed by atoms with Crippen molar-refractivity contribution in [2.24, 2.45) is 0 Å². The van der Waals surface area contributed by atoms with Gasteiger partial charge < -0.3 is 14.2 Å². The molecule has 0 radical (unpaired) electrons. The van der Waals surface area contributed by atoms with Gasteiger partial charge in [0.05, 0.1) is 26.9 Å². The lowest BCUT2D eigenvalue weighted by Gasteiger charge is -2.34. The summed E-state index contributed by atoms with van der Waals surface area (Å²) < 4.78 is 15.0. The molecule has 0 fully saturated rings. The molecule has 2 aromatic rings. The fraction of sp³-hybridized carbons (Fsp3) is 0.208. The van der Waals surface area contributed by atoms with Gasteiger partial charge in [-0.3, -0.25) is 4.90 Å². The summed E-state index contributed by atoms with van der Waals surface area (Å²) in [5.74, 6) is -2.87. The van der Waals surface area contributed by atoms with E-state index >= 15 is 0 Å². The number of esters is 3. The van der Waals surface area contributed by atoms with Gasteiger partial charge in [0.15, 0.2) is 0 Å². The third-order valence-electron chi connectivity index (χ3n) is 4.98. The zero-order chi connectivity index (χ0) is 22.5. The van der Waals surface area contributed by atoms with E-state index in [0.717, 1.165) is 5.56 Å². The summed E-state index contributed by atoms with van der Waals surface area (Å²) in [6.45, 7) is 1.94. The molecule has 1 heterocycles. The van der Waals surface area contributed by atoms with Crippen molar-refractivity contribution in [3.8, 4) is 0 Å². The Balaban J connectivity index is 2.36. The van der Waals surface area contributed by atoms with Crippen molar-refractivity contribution in [3.05, 3.63) is 88.8 Å². The van der Waals surface area contributed by atoms with Crippen LogP contribution in [0.3, 0.4) is 0 Å². The second-order valence-corrected chi connectivity index (χ2v) is 6.85. The number of nitrogens with zero attached hydrogens (tertiary/aromatic N) is 1. The molecule has 7 heteroatoms. The molecule has 1 unspecified atom stereocenters. The second kappa shape index (κ2) is 9.30. The highest BCUT2D eigenvalue weighted by atomic mass is 16.5. The van der Waals surface area contributed by atoms with Gasteiger partial charge in [-0.25, -0.2) is 14.4 Å². The van der Waals surface area contributed by atoms with Crippen LogP contribution in [-0.4, -0.2) is 39.2 Å². The SMILES string of the molecule is COC(=O)C1=CC(c2ccc(C)cc2)C(C(=O)OC)=C(C(=O)OC)N1c1ccccc1. The maximum Gasteiger partial charge on any atom is 0.355 e. The Morgan fingerprint density at radius 3 is 1.90 bits per heavy atom. The first kappa shape index (κ1) is 21.8. The molecule has 0 bridgehead atoms. The number of carbonyl (C=O) groups is 3. The van der Waals surface area contributed by atoms with Crippen molar-refractivity contribution in [1.29, 1.82) is 0 Å². The van der Waals surface area contributed by atoms with Crippen LogP contribution in [0.15, 0.2) is 77.6 Å². The van der Waals surface area contributed by atoms with E-state index in [1.807, 2.05) is 31.2 Å². The molecule has 0 saturated heterocycles. The molecular weight excluding hydrogens is 398 g/mol. The zero-order valence-electron chi connectivity index (χ0n) is 17.7. The Morgan fingerprint density at radius 2 is 1.35 bits per heavy atom. The lowest BCUT2D eigenvalue weighted by Crippen LogP contribution is -2.38. The Labute approximate surface area is 180 Å². The molecule has 1 atom stereocenters. The number of hydrogen-bond donors (Lipinski definition) is 0. The number of anilines is 1. The summed E-state index contributed by atoms with van der Waals surface area (Å²) in [7, 11) is 3.71. The first-order chi connectivity index (χ1) is 14.9. The molecule has 160 valence electrons. The van der Waals surface area contributed by atoms with E-state index in [9.17, 15) is 14.4 Å². The number of carbonyl (C=O) groups excluding carboxylic acids is 3. The molecule has 0 aliphatic carbocycles. The number of methoxy groups -OCH3 is 3. The maximum absolute atomic E-state index is 13.0. The van der Waals surface area contributed by atoms with Crippen molar-refractivity contribution in [2.75, 3.05) is 26.2 Å². The minimum atomic E-state index is -0.782. The van der Waals surface area contributed by atoms with E-state index in [1.54, 1.807) is 36.4 Å². The average molecular weight is 421 g/mol. The highest BCUT2D eigenvalue weighted by Gasteiger charge is 2.41. The molecular formula is C24H23NO6. The molecule has 0 saturated carbocycles. The van der Waals surface area contributed by atoms with Crippen molar-refractivity contribution in [2.45, 2.75) is 12.8 Å². The van der Waals surface area contributed by atoms with Crippen molar-refractivity contribution in [3.63, 3.8) is 0 Å². The van der Waals surface area contributed by atoms with E-state index in [0.29, 0.717) is 11.3 Å². The van der Waals surface area contributed by atoms with Crippen LogP contribution in [0.2, 0.25) is 0 Å². The van der Waals surface area contributed by atoms with Crippen LogP contribution < -0.4 is 4.90 Å². The van der Waals surface area contributed by atoms with Crippen molar-refractivity contribution in [1.82, 2.24) is 0 Å². The number of ether oxygens (including phenoxy) is 3. The van der Waals surface area contributed by atoms with E-state index in [1.165, 1.54) is 26.2 Å². The van der Waals surface area contributed by atoms with Gasteiger partial charge in [0.1, 0.15) is 11.4 Å². The normalized spacial score (nSPS) is 15.8. The highest BCUT2D eigenvalue weighted by molar-refractivity contribution is 6.09. The molecule has 1 aliphatic rings. The third kappa shape index (κ3) is 4.21. The Hall–Kier alpha value is -3.87. The predicted octanol–water partition coefficient (Wildman–Crippen LogP) is 3.26. The summed E-state index contributed by atoms with van der Waals surface area (Å²) in [5, 5.41) is 0. The molecule has 0 amide bonds. The molecule has 2 aromatic carbocycles. The summed E-state index contributed by atoms with van der Waals surface area (Å²) >= 11 is 0. The fourth-order valence-electron chi connectivity index (χ4n) is 3.48. The molecule has 3 rings (SSSR count). The van der Waals surface area contributed by atoms with E-state index in [2.05, 4.69) is 0 Å². The number of aryl methyl sites for hydroxylation is 1. The Morgan fingerprint density at radius 1 is 0.774 bits per heavy atom. The molecule has 0 aromatic heterocycles. The Bertz CT molecular complexity index is 1050. The topological polar surface area (TPSA) is 82.1 Å². The standard InChI is InChI=1S/C24H23NO6/c1-15-10-12-16(13-11-15)18-14-19(22(26)29-2)25(17-8-6-5-7-9-17)21(24(28)31-4)20(18)23(27)30-3/h5-14,18H,1-4H3. The summed E-state index contributed by atoms with van der Waals surface area (Å²) in [4.78, 5) is 40.0. The lowest BCUT2D eigenvalue weighted by atomic mass is 9.85. The fourth-order valence-corrected chi connectivity index (χ4v) is 3.48. The van der Waals surface area contributed by atoms with Gasteiger partial charge in [-0.1, -0.05) is 48.0 Å². The molecule has 31 heavy (non-hydrogen) atoms. The highest BCUT2D eigenvalue weighted by Crippen LogP contribution is 2.40. The quantitative estimate of drug-likeness (QED) is 0.541. The second-order valence-electron chi connectivity index (χ2n) is 6.85. The monoisotopic (exact) mass is 421 g/mol. The number of para-hydroxylation sites is 1. The summed E-state index contributed by atoms with van der Waals surface area (Å²) in [6.07, 6.45) is 1.60. The van der Waals surface area contributed by atoms with E-state index in [-0.39, 0.29) is 17.0 Å². The van der Waals surface area contributed by atoms with Crippen LogP contribution in [0.5, 0.6) is 0 Å². The van der Waals surface area contributed by atoms with Crippen LogP contribution in [0.25, 0.3) is 0 Å². The van der Waals surface area contributed by atoms with Gasteiger partial charge in [-0.2, -0.15) is 0 Å². The summed E-state index contributed by atoms with van der Waals surface area (Å²) in [6, 6.07) is 16.2. The average Bonchev–Trinajstić information content (AvgIpc) is 2.82. The number of hydrogen-bond acceptors (Lipinski definition) is 7. The largest absolute Gasteiger partial charge is 0.466 e. The summed E-state index contributed by atoms with van der Waals surface area (Å²) in [5.41, 5.74) is 2.28. The smallest absolute Gasteiger partial charge is 0.355 e. The third-order valence-corrected chi connectivity index (χ3v) is 4.98. The van der Waals surface area contributed by atoms with Crippen LogP contribution in [-0.2, 0) is 28.6 Å². The van der Waals surface area contributed by atoms with Gasteiger partial charge in [-0.15, -0.1) is 0 Å². The predicted molar refractivity (Wildman–Crippen MR) is 114 cm³/mol. The minimum Gasteiger partial charge on any atom is -0.466 e. The number of benzene rings is 2. The zero-order valence-corrected chi connectivity index (χ0v) is 17.7. The van der Waals surface area contributed by atoms with E-state index < -0.39 is 23.8 Å². The van der Waals surface area contributed by atoms with Gasteiger partial charge in [0, 0.05) is 11.6 Å². The molecule has 0 spiro atoms. The molecule has 7 nitrogen and oxygen atoms in total. The maximum atomic E-state index is 13.0. The Kier molecular flexibility index (Phi) is 6.55. The van der Waals surface area contributed by atoms with Crippen LogP contribution in [0, 0.1) is 6.92 Å². The molecule has 1 aliphatic heterocycles. The first-order valence-electron chi connectivity index (χ1n) is 9.55. The molecule has 0 N–H and O–H groups in total. The first-order valence-corrected chi connectivity index (χ1v) is 9.55. The number of allylic oxidation sites excluding steroid dienone is 1. The lowest BCUT2D eigenvalue weighted by molar-refractivity contribution is -0.140. The minimum absolute atomic E-state index is 0.0645. The van der Waals surface area contributed by atoms with Gasteiger partial charge in [0.2, 0.25) is 0 Å². The van der Waals surface area contributed by atoms with Crippen LogP contribution in [0.4, 0.5) is 5.69 Å². The van der Waals surface area contributed by atoms with Crippen molar-refractivity contribution < 1.29 is 28.6 Å². The van der Waals surface area contributed by atoms with Gasteiger partial charge >= 0.3 is 17.9 Å².